The summed E-state index contributed by atoms with van der Waals surface area (Å²) in [7, 11) is 0. The fraction of sp³-hybridized carbons (Fsp3) is 0.500. The van der Waals surface area contributed by atoms with Crippen LogP contribution in [0.15, 0.2) is 24.3 Å². The molecule has 6 heteroatoms. The average molecular weight is 279 g/mol. The molecule has 1 aromatic rings. The highest BCUT2D eigenvalue weighted by atomic mass is 16.5. The lowest BCUT2D eigenvalue weighted by atomic mass is 9.97. The second-order valence-corrected chi connectivity index (χ2v) is 5.19. The Balaban J connectivity index is 1.80. The summed E-state index contributed by atoms with van der Waals surface area (Å²) in [6.07, 6.45) is -3.13. The van der Waals surface area contributed by atoms with Crippen LogP contribution in [0.25, 0.3) is 0 Å². The topological polar surface area (TPSA) is 90.2 Å². The maximum atomic E-state index is 12.3. The molecule has 2 aliphatic heterocycles. The number of carbonyl (C=O) groups excluding carboxylic acids is 1. The fourth-order valence-corrected chi connectivity index (χ4v) is 2.85. The lowest BCUT2D eigenvalue weighted by Crippen LogP contribution is -2.60. The number of aliphatic hydroxyl groups is 3. The van der Waals surface area contributed by atoms with Crippen LogP contribution >= 0.6 is 0 Å². The SMILES string of the molecule is O=C1c2ccccc2CN1[C@@H]1CO[C@H](CO)[C@H](O)[C@@H]1O. The van der Waals surface area contributed by atoms with Gasteiger partial charge in [0.05, 0.1) is 19.3 Å². The molecule has 1 amide bonds. The van der Waals surface area contributed by atoms with Crippen molar-refractivity contribution in [2.45, 2.75) is 30.9 Å². The van der Waals surface area contributed by atoms with Crippen molar-refractivity contribution in [3.63, 3.8) is 0 Å². The van der Waals surface area contributed by atoms with E-state index in [0.717, 1.165) is 5.56 Å². The minimum atomic E-state index is -1.20. The molecule has 0 aliphatic carbocycles. The highest BCUT2D eigenvalue weighted by Crippen LogP contribution is 2.28. The number of hydrogen-bond acceptors (Lipinski definition) is 5. The van der Waals surface area contributed by atoms with Crippen molar-refractivity contribution < 1.29 is 24.9 Å². The number of nitrogens with zero attached hydrogens (tertiary/aromatic N) is 1. The normalized spacial score (nSPS) is 33.4. The molecule has 1 saturated heterocycles. The molecule has 1 fully saturated rings. The average Bonchev–Trinajstić information content (AvgIpc) is 2.80. The Hall–Kier alpha value is -1.47. The van der Waals surface area contributed by atoms with Crippen molar-refractivity contribution in [3.8, 4) is 0 Å². The van der Waals surface area contributed by atoms with E-state index in [4.69, 9.17) is 9.84 Å². The van der Waals surface area contributed by atoms with E-state index < -0.39 is 24.4 Å². The lowest BCUT2D eigenvalue weighted by Gasteiger charge is -2.40. The Morgan fingerprint density at radius 1 is 1.25 bits per heavy atom. The highest BCUT2D eigenvalue weighted by molar-refractivity contribution is 5.98. The first-order valence-electron chi connectivity index (χ1n) is 6.61. The summed E-state index contributed by atoms with van der Waals surface area (Å²) in [4.78, 5) is 13.8. The number of rotatable bonds is 2. The molecule has 3 rings (SSSR count). The van der Waals surface area contributed by atoms with Gasteiger partial charge < -0.3 is 25.0 Å². The third kappa shape index (κ3) is 2.01. The molecule has 0 bridgehead atoms. The molecule has 2 aliphatic rings. The van der Waals surface area contributed by atoms with E-state index in [-0.39, 0.29) is 19.1 Å². The number of amides is 1. The molecule has 2 heterocycles. The van der Waals surface area contributed by atoms with Crippen LogP contribution in [0.3, 0.4) is 0 Å². The Morgan fingerprint density at radius 2 is 2.00 bits per heavy atom. The molecular formula is C14H17NO5. The standard InChI is InChI=1S/C14H17NO5/c16-6-11-13(18)12(17)10(7-20-11)15-5-8-3-1-2-4-9(8)14(15)19/h1-4,10-13,16-18H,5-7H2/t10-,11-,12-,13+/m1/s1. The van der Waals surface area contributed by atoms with Gasteiger partial charge in [-0.25, -0.2) is 0 Å². The van der Waals surface area contributed by atoms with Crippen LogP contribution in [0, 0.1) is 0 Å². The van der Waals surface area contributed by atoms with E-state index in [2.05, 4.69) is 0 Å². The molecule has 4 atom stereocenters. The van der Waals surface area contributed by atoms with Crippen LogP contribution in [-0.2, 0) is 11.3 Å². The predicted octanol–water partition coefficient (Wildman–Crippen LogP) is -0.876. The minimum Gasteiger partial charge on any atom is -0.394 e. The van der Waals surface area contributed by atoms with Gasteiger partial charge in [0, 0.05) is 12.1 Å². The summed E-state index contributed by atoms with van der Waals surface area (Å²) < 4.78 is 5.33. The van der Waals surface area contributed by atoms with Crippen molar-refractivity contribution in [1.29, 1.82) is 0 Å². The molecule has 108 valence electrons. The summed E-state index contributed by atoms with van der Waals surface area (Å²) in [6.45, 7) is 0.138. The molecular weight excluding hydrogens is 262 g/mol. The summed E-state index contributed by atoms with van der Waals surface area (Å²) in [6, 6.07) is 6.68. The van der Waals surface area contributed by atoms with Gasteiger partial charge in [-0.15, -0.1) is 0 Å². The van der Waals surface area contributed by atoms with Gasteiger partial charge in [0.2, 0.25) is 0 Å². The molecule has 3 N–H and O–H groups in total. The molecule has 0 spiro atoms. The van der Waals surface area contributed by atoms with Gasteiger partial charge in [-0.2, -0.15) is 0 Å². The van der Waals surface area contributed by atoms with Gasteiger partial charge in [0.1, 0.15) is 18.3 Å². The van der Waals surface area contributed by atoms with E-state index in [0.29, 0.717) is 12.1 Å². The van der Waals surface area contributed by atoms with Gasteiger partial charge in [-0.3, -0.25) is 4.79 Å². The van der Waals surface area contributed by atoms with Gasteiger partial charge in [-0.05, 0) is 11.6 Å². The summed E-state index contributed by atoms with van der Waals surface area (Å²) in [5.41, 5.74) is 1.53. The first kappa shape index (κ1) is 13.5. The second kappa shape index (κ2) is 5.14. The van der Waals surface area contributed by atoms with Gasteiger partial charge in [0.25, 0.3) is 5.91 Å². The molecule has 1 aromatic carbocycles. The first-order valence-corrected chi connectivity index (χ1v) is 6.61. The third-order valence-electron chi connectivity index (χ3n) is 4.04. The summed E-state index contributed by atoms with van der Waals surface area (Å²) >= 11 is 0. The van der Waals surface area contributed by atoms with Crippen LogP contribution in [0.2, 0.25) is 0 Å². The first-order chi connectivity index (χ1) is 9.63. The van der Waals surface area contributed by atoms with Crippen molar-refractivity contribution >= 4 is 5.91 Å². The van der Waals surface area contributed by atoms with E-state index >= 15 is 0 Å². The van der Waals surface area contributed by atoms with Crippen molar-refractivity contribution in [1.82, 2.24) is 4.90 Å². The van der Waals surface area contributed by atoms with Crippen molar-refractivity contribution in [3.05, 3.63) is 35.4 Å². The lowest BCUT2D eigenvalue weighted by molar-refractivity contribution is -0.176. The van der Waals surface area contributed by atoms with Gasteiger partial charge in [0.15, 0.2) is 0 Å². The zero-order chi connectivity index (χ0) is 14.3. The van der Waals surface area contributed by atoms with Crippen LogP contribution in [0.1, 0.15) is 15.9 Å². The Labute approximate surface area is 116 Å². The van der Waals surface area contributed by atoms with E-state index in [9.17, 15) is 15.0 Å². The number of fused-ring (bicyclic) bond motifs is 1. The second-order valence-electron chi connectivity index (χ2n) is 5.19. The monoisotopic (exact) mass is 279 g/mol. The zero-order valence-corrected chi connectivity index (χ0v) is 10.8. The summed E-state index contributed by atoms with van der Waals surface area (Å²) in [5, 5.41) is 29.1. The number of carbonyl (C=O) groups is 1. The predicted molar refractivity (Wildman–Crippen MR) is 68.9 cm³/mol. The van der Waals surface area contributed by atoms with Gasteiger partial charge in [-0.1, -0.05) is 18.2 Å². The van der Waals surface area contributed by atoms with Gasteiger partial charge >= 0.3 is 0 Å². The van der Waals surface area contributed by atoms with Crippen LogP contribution in [0.5, 0.6) is 0 Å². The largest absolute Gasteiger partial charge is 0.394 e. The molecule has 0 radical (unpaired) electrons. The molecule has 0 saturated carbocycles. The molecule has 0 aromatic heterocycles. The molecule has 0 unspecified atom stereocenters. The number of aliphatic hydroxyl groups excluding tert-OH is 3. The van der Waals surface area contributed by atoms with Crippen LogP contribution < -0.4 is 0 Å². The number of hydrogen-bond donors (Lipinski definition) is 3. The highest BCUT2D eigenvalue weighted by Gasteiger charge is 2.44. The van der Waals surface area contributed by atoms with Crippen LogP contribution in [-0.4, -0.2) is 63.7 Å². The van der Waals surface area contributed by atoms with Crippen LogP contribution in [0.4, 0.5) is 0 Å². The number of benzene rings is 1. The number of ether oxygens (including phenoxy) is 1. The maximum absolute atomic E-state index is 12.3. The van der Waals surface area contributed by atoms with Crippen molar-refractivity contribution in [2.75, 3.05) is 13.2 Å². The smallest absolute Gasteiger partial charge is 0.254 e. The Morgan fingerprint density at radius 3 is 2.70 bits per heavy atom. The van der Waals surface area contributed by atoms with E-state index in [1.807, 2.05) is 12.1 Å². The fourth-order valence-electron chi connectivity index (χ4n) is 2.85. The zero-order valence-electron chi connectivity index (χ0n) is 10.8. The minimum absolute atomic E-state index is 0.100. The third-order valence-corrected chi connectivity index (χ3v) is 4.04. The maximum Gasteiger partial charge on any atom is 0.254 e. The summed E-state index contributed by atoms with van der Waals surface area (Å²) in [5.74, 6) is -0.164. The molecule has 6 nitrogen and oxygen atoms in total. The van der Waals surface area contributed by atoms with Crippen molar-refractivity contribution in [2.24, 2.45) is 0 Å². The van der Waals surface area contributed by atoms with E-state index in [1.165, 1.54) is 4.90 Å². The quantitative estimate of drug-likeness (QED) is 0.654. The Bertz CT molecular complexity index is 520. The van der Waals surface area contributed by atoms with E-state index in [1.54, 1.807) is 12.1 Å². The molecule has 20 heavy (non-hydrogen) atoms. The Kier molecular flexibility index (Phi) is 3.47.